The highest BCUT2D eigenvalue weighted by atomic mass is 35.5. The number of hydrogen-bond acceptors (Lipinski definition) is 3. The maximum Gasteiger partial charge on any atom is 0.161 e. The Balaban J connectivity index is 1.80. The number of fused-ring (bicyclic) bond motifs is 1. The second kappa shape index (κ2) is 5.59. The SMILES string of the molecule is CC1CN(CC2CCCNC2)c2cccc(Cl)c2O1. The van der Waals surface area contributed by atoms with Gasteiger partial charge in [-0.25, -0.2) is 0 Å². The van der Waals surface area contributed by atoms with Gasteiger partial charge in [-0.15, -0.1) is 0 Å². The van der Waals surface area contributed by atoms with E-state index in [1.807, 2.05) is 12.1 Å². The van der Waals surface area contributed by atoms with E-state index >= 15 is 0 Å². The molecule has 2 aliphatic rings. The van der Waals surface area contributed by atoms with Crippen molar-refractivity contribution in [3.05, 3.63) is 23.2 Å². The van der Waals surface area contributed by atoms with Gasteiger partial charge in [-0.05, 0) is 50.9 Å². The minimum Gasteiger partial charge on any atom is -0.485 e. The van der Waals surface area contributed by atoms with E-state index in [0.29, 0.717) is 0 Å². The lowest BCUT2D eigenvalue weighted by Gasteiger charge is -2.38. The van der Waals surface area contributed by atoms with Crippen molar-refractivity contribution in [2.75, 3.05) is 31.1 Å². The fraction of sp³-hybridized carbons (Fsp3) is 0.600. The van der Waals surface area contributed by atoms with Crippen molar-refractivity contribution in [2.24, 2.45) is 5.92 Å². The summed E-state index contributed by atoms with van der Waals surface area (Å²) in [6.45, 7) is 6.44. The molecule has 1 aromatic carbocycles. The zero-order chi connectivity index (χ0) is 13.2. The quantitative estimate of drug-likeness (QED) is 0.901. The van der Waals surface area contributed by atoms with Crippen molar-refractivity contribution in [3.63, 3.8) is 0 Å². The minimum absolute atomic E-state index is 0.198. The lowest BCUT2D eigenvalue weighted by Crippen LogP contribution is -2.44. The lowest BCUT2D eigenvalue weighted by atomic mass is 9.98. The fourth-order valence-corrected chi connectivity index (χ4v) is 3.29. The van der Waals surface area contributed by atoms with E-state index in [-0.39, 0.29) is 6.10 Å². The third-order valence-electron chi connectivity index (χ3n) is 3.96. The molecule has 3 rings (SSSR count). The van der Waals surface area contributed by atoms with E-state index in [1.165, 1.54) is 19.4 Å². The fourth-order valence-electron chi connectivity index (χ4n) is 3.07. The number of nitrogens with zero attached hydrogens (tertiary/aromatic N) is 1. The van der Waals surface area contributed by atoms with Crippen LogP contribution in [-0.4, -0.2) is 32.3 Å². The molecule has 0 aliphatic carbocycles. The number of nitrogens with one attached hydrogen (secondary N) is 1. The molecule has 4 heteroatoms. The highest BCUT2D eigenvalue weighted by Gasteiger charge is 2.27. The third kappa shape index (κ3) is 2.82. The molecule has 2 heterocycles. The van der Waals surface area contributed by atoms with Gasteiger partial charge in [0.25, 0.3) is 0 Å². The molecular formula is C15H21ClN2O. The van der Waals surface area contributed by atoms with Gasteiger partial charge in [-0.3, -0.25) is 0 Å². The van der Waals surface area contributed by atoms with E-state index < -0.39 is 0 Å². The molecule has 0 spiro atoms. The molecule has 1 saturated heterocycles. The summed E-state index contributed by atoms with van der Waals surface area (Å²) in [6, 6.07) is 6.02. The molecule has 19 heavy (non-hydrogen) atoms. The molecule has 1 N–H and O–H groups in total. The van der Waals surface area contributed by atoms with Crippen molar-refractivity contribution in [1.82, 2.24) is 5.32 Å². The molecular weight excluding hydrogens is 260 g/mol. The van der Waals surface area contributed by atoms with Gasteiger partial charge in [-0.1, -0.05) is 17.7 Å². The Labute approximate surface area is 119 Å². The molecule has 2 aliphatic heterocycles. The minimum atomic E-state index is 0.198. The van der Waals surface area contributed by atoms with Crippen LogP contribution in [0.4, 0.5) is 5.69 Å². The lowest BCUT2D eigenvalue weighted by molar-refractivity contribution is 0.208. The first-order chi connectivity index (χ1) is 9.24. The van der Waals surface area contributed by atoms with Gasteiger partial charge in [0.1, 0.15) is 6.10 Å². The molecule has 0 saturated carbocycles. The molecule has 0 bridgehead atoms. The molecule has 0 radical (unpaired) electrons. The summed E-state index contributed by atoms with van der Waals surface area (Å²) < 4.78 is 5.89. The van der Waals surface area contributed by atoms with Gasteiger partial charge >= 0.3 is 0 Å². The van der Waals surface area contributed by atoms with E-state index in [1.54, 1.807) is 0 Å². The van der Waals surface area contributed by atoms with E-state index in [4.69, 9.17) is 16.3 Å². The second-order valence-corrected chi connectivity index (χ2v) is 6.04. The Bertz CT molecular complexity index is 446. The predicted molar refractivity (Wildman–Crippen MR) is 79.3 cm³/mol. The zero-order valence-electron chi connectivity index (χ0n) is 11.4. The van der Waals surface area contributed by atoms with Crippen LogP contribution in [0.1, 0.15) is 19.8 Å². The molecule has 2 atom stereocenters. The third-order valence-corrected chi connectivity index (χ3v) is 4.26. The first kappa shape index (κ1) is 13.1. The van der Waals surface area contributed by atoms with Crippen LogP contribution in [0.5, 0.6) is 5.75 Å². The average molecular weight is 281 g/mol. The van der Waals surface area contributed by atoms with Crippen LogP contribution in [0.25, 0.3) is 0 Å². The Morgan fingerprint density at radius 2 is 2.37 bits per heavy atom. The maximum absolute atomic E-state index is 6.25. The monoisotopic (exact) mass is 280 g/mol. The summed E-state index contributed by atoms with van der Waals surface area (Å²) in [5.74, 6) is 1.58. The molecule has 3 nitrogen and oxygen atoms in total. The van der Waals surface area contributed by atoms with Crippen LogP contribution in [0.3, 0.4) is 0 Å². The molecule has 1 fully saturated rings. The zero-order valence-corrected chi connectivity index (χ0v) is 12.1. The van der Waals surface area contributed by atoms with Crippen LogP contribution in [0.2, 0.25) is 5.02 Å². The summed E-state index contributed by atoms with van der Waals surface area (Å²) >= 11 is 6.25. The first-order valence-electron chi connectivity index (χ1n) is 7.15. The summed E-state index contributed by atoms with van der Waals surface area (Å²) in [7, 11) is 0. The number of piperidine rings is 1. The van der Waals surface area contributed by atoms with Crippen molar-refractivity contribution in [1.29, 1.82) is 0 Å². The summed E-state index contributed by atoms with van der Waals surface area (Å²) in [5.41, 5.74) is 1.15. The largest absolute Gasteiger partial charge is 0.485 e. The predicted octanol–water partition coefficient (Wildman–Crippen LogP) is 2.93. The topological polar surface area (TPSA) is 24.5 Å². The van der Waals surface area contributed by atoms with Gasteiger partial charge in [0.05, 0.1) is 17.3 Å². The van der Waals surface area contributed by atoms with Gasteiger partial charge in [0.2, 0.25) is 0 Å². The first-order valence-corrected chi connectivity index (χ1v) is 7.52. The highest BCUT2D eigenvalue weighted by Crippen LogP contribution is 2.39. The van der Waals surface area contributed by atoms with Crippen LogP contribution < -0.4 is 15.0 Å². The Morgan fingerprint density at radius 3 is 3.16 bits per heavy atom. The summed E-state index contributed by atoms with van der Waals surface area (Å²) in [5, 5.41) is 4.21. The van der Waals surface area contributed by atoms with Gasteiger partial charge in [-0.2, -0.15) is 0 Å². The van der Waals surface area contributed by atoms with Crippen molar-refractivity contribution in [3.8, 4) is 5.75 Å². The smallest absolute Gasteiger partial charge is 0.161 e. The van der Waals surface area contributed by atoms with E-state index in [9.17, 15) is 0 Å². The normalized spacial score (nSPS) is 26.7. The van der Waals surface area contributed by atoms with Crippen LogP contribution >= 0.6 is 11.6 Å². The van der Waals surface area contributed by atoms with Crippen molar-refractivity contribution >= 4 is 17.3 Å². The molecule has 0 amide bonds. The average Bonchev–Trinajstić information content (AvgIpc) is 2.41. The molecule has 0 aromatic heterocycles. The van der Waals surface area contributed by atoms with Gasteiger partial charge in [0, 0.05) is 6.54 Å². The number of para-hydroxylation sites is 1. The van der Waals surface area contributed by atoms with E-state index in [2.05, 4.69) is 23.2 Å². The van der Waals surface area contributed by atoms with Crippen molar-refractivity contribution in [2.45, 2.75) is 25.9 Å². The number of halogens is 1. The maximum atomic E-state index is 6.25. The van der Waals surface area contributed by atoms with Crippen LogP contribution in [0, 0.1) is 5.92 Å². The van der Waals surface area contributed by atoms with Gasteiger partial charge < -0.3 is 15.0 Å². The number of benzene rings is 1. The molecule has 1 aromatic rings. The number of anilines is 1. The van der Waals surface area contributed by atoms with Crippen LogP contribution in [-0.2, 0) is 0 Å². The number of ether oxygens (including phenoxy) is 1. The second-order valence-electron chi connectivity index (χ2n) is 5.63. The highest BCUT2D eigenvalue weighted by molar-refractivity contribution is 6.32. The van der Waals surface area contributed by atoms with Gasteiger partial charge in [0.15, 0.2) is 5.75 Å². The molecule has 2 unspecified atom stereocenters. The number of hydrogen-bond donors (Lipinski definition) is 1. The van der Waals surface area contributed by atoms with E-state index in [0.717, 1.165) is 42.0 Å². The Kier molecular flexibility index (Phi) is 3.85. The van der Waals surface area contributed by atoms with Crippen LogP contribution in [0.15, 0.2) is 18.2 Å². The molecule has 104 valence electrons. The summed E-state index contributed by atoms with van der Waals surface area (Å²) in [6.07, 6.45) is 2.80. The summed E-state index contributed by atoms with van der Waals surface area (Å²) in [4.78, 5) is 2.44. The Morgan fingerprint density at radius 1 is 1.47 bits per heavy atom. The van der Waals surface area contributed by atoms with Crippen molar-refractivity contribution < 1.29 is 4.74 Å². The Hall–Kier alpha value is -0.930. The number of rotatable bonds is 2. The standard InChI is InChI=1S/C15H21ClN2O/c1-11-9-18(10-12-4-3-7-17-8-12)14-6-2-5-13(16)15(14)19-11/h2,5-6,11-12,17H,3-4,7-10H2,1H3.